The molecule has 2 aromatic rings. The average molecular weight is 299 g/mol. The Bertz CT molecular complexity index is 695. The number of nitrogens with zero attached hydrogens (tertiary/aromatic N) is 3. The van der Waals surface area contributed by atoms with Gasteiger partial charge in [0.15, 0.2) is 0 Å². The van der Waals surface area contributed by atoms with Gasteiger partial charge in [-0.1, -0.05) is 0 Å². The molecule has 0 aliphatic heterocycles. The van der Waals surface area contributed by atoms with Crippen LogP contribution in [0.25, 0.3) is 5.69 Å². The number of hydrogen-bond acceptors (Lipinski definition) is 5. The molecule has 0 saturated heterocycles. The molecule has 1 heterocycles. The van der Waals surface area contributed by atoms with Crippen LogP contribution in [0.3, 0.4) is 0 Å². The van der Waals surface area contributed by atoms with Crippen LogP contribution < -0.4 is 0 Å². The highest BCUT2D eigenvalue weighted by Crippen LogP contribution is 2.34. The molecule has 0 aliphatic carbocycles. The zero-order valence-electron chi connectivity index (χ0n) is 10.6. The molecule has 9 heteroatoms. The summed E-state index contributed by atoms with van der Waals surface area (Å²) in [5.74, 6) is -1.24. The van der Waals surface area contributed by atoms with Gasteiger partial charge in [0.2, 0.25) is 0 Å². The third-order valence-corrected chi connectivity index (χ3v) is 2.57. The zero-order valence-corrected chi connectivity index (χ0v) is 10.6. The zero-order chi connectivity index (χ0) is 15.6. The van der Waals surface area contributed by atoms with Crippen LogP contribution in [0.1, 0.15) is 26.5 Å². The Morgan fingerprint density at radius 1 is 1.38 bits per heavy atom. The van der Waals surface area contributed by atoms with Crippen molar-refractivity contribution in [3.63, 3.8) is 0 Å². The Balaban J connectivity index is 2.55. The maximum atomic E-state index is 13.0. The van der Waals surface area contributed by atoms with Gasteiger partial charge in [-0.3, -0.25) is 4.79 Å². The van der Waals surface area contributed by atoms with E-state index in [9.17, 15) is 22.8 Å². The number of benzene rings is 1. The molecule has 0 spiro atoms. The second-order valence-corrected chi connectivity index (χ2v) is 3.90. The van der Waals surface area contributed by atoms with Crippen molar-refractivity contribution in [2.75, 3.05) is 7.11 Å². The maximum Gasteiger partial charge on any atom is 0.418 e. The highest BCUT2D eigenvalue weighted by molar-refractivity contribution is 5.84. The minimum absolute atomic E-state index is 0.126. The quantitative estimate of drug-likeness (QED) is 0.639. The molecule has 110 valence electrons. The molecule has 0 bridgehead atoms. The summed E-state index contributed by atoms with van der Waals surface area (Å²) in [5.41, 5.74) is -1.54. The van der Waals surface area contributed by atoms with Crippen molar-refractivity contribution < 1.29 is 27.5 Å². The van der Waals surface area contributed by atoms with E-state index in [2.05, 4.69) is 14.8 Å². The van der Waals surface area contributed by atoms with Gasteiger partial charge in [0.1, 0.15) is 12.6 Å². The number of aromatic nitrogens is 3. The number of aldehydes is 1. The highest BCUT2D eigenvalue weighted by atomic mass is 19.4. The predicted molar refractivity (Wildman–Crippen MR) is 63.1 cm³/mol. The van der Waals surface area contributed by atoms with Crippen LogP contribution in [-0.4, -0.2) is 34.1 Å². The number of alkyl halides is 3. The summed E-state index contributed by atoms with van der Waals surface area (Å²) in [6, 6.07) is 2.97. The van der Waals surface area contributed by atoms with Crippen LogP contribution in [0.15, 0.2) is 24.5 Å². The monoisotopic (exact) mass is 299 g/mol. The molecule has 0 unspecified atom stereocenters. The molecule has 2 rings (SSSR count). The first-order valence-corrected chi connectivity index (χ1v) is 5.53. The normalized spacial score (nSPS) is 11.2. The SMILES string of the molecule is COC(=O)c1ncn(-c2ccc(C=O)cc2C(F)(F)F)n1. The molecular weight excluding hydrogens is 291 g/mol. The summed E-state index contributed by atoms with van der Waals surface area (Å²) in [5, 5.41) is 3.62. The minimum atomic E-state index is -4.69. The lowest BCUT2D eigenvalue weighted by molar-refractivity contribution is -0.137. The summed E-state index contributed by atoms with van der Waals surface area (Å²) in [6.45, 7) is 0. The van der Waals surface area contributed by atoms with E-state index in [1.165, 1.54) is 6.07 Å². The molecule has 1 aromatic heterocycles. The first-order chi connectivity index (χ1) is 9.86. The number of methoxy groups -OCH3 is 1. The summed E-state index contributed by atoms with van der Waals surface area (Å²) in [7, 11) is 1.10. The first kappa shape index (κ1) is 14.7. The van der Waals surface area contributed by atoms with E-state index < -0.39 is 17.7 Å². The Kier molecular flexibility index (Phi) is 3.74. The van der Waals surface area contributed by atoms with Crippen molar-refractivity contribution in [2.45, 2.75) is 6.18 Å². The molecule has 0 atom stereocenters. The van der Waals surface area contributed by atoms with Gasteiger partial charge in [0.05, 0.1) is 18.4 Å². The second kappa shape index (κ2) is 5.35. The van der Waals surface area contributed by atoms with Crippen LogP contribution in [0.5, 0.6) is 0 Å². The van der Waals surface area contributed by atoms with E-state index in [1.54, 1.807) is 0 Å². The Morgan fingerprint density at radius 3 is 2.67 bits per heavy atom. The number of halogens is 3. The van der Waals surface area contributed by atoms with Crippen LogP contribution >= 0.6 is 0 Å². The van der Waals surface area contributed by atoms with Gasteiger partial charge in [-0.25, -0.2) is 14.5 Å². The van der Waals surface area contributed by atoms with Crippen molar-refractivity contribution in [3.8, 4) is 5.69 Å². The summed E-state index contributed by atoms with van der Waals surface area (Å²) < 4.78 is 44.2. The first-order valence-electron chi connectivity index (χ1n) is 5.53. The summed E-state index contributed by atoms with van der Waals surface area (Å²) in [6.07, 6.45) is -3.43. The highest BCUT2D eigenvalue weighted by Gasteiger charge is 2.34. The van der Waals surface area contributed by atoms with Crippen molar-refractivity contribution >= 4 is 12.3 Å². The molecule has 0 radical (unpaired) electrons. The van der Waals surface area contributed by atoms with Gasteiger partial charge in [-0.2, -0.15) is 13.2 Å². The Morgan fingerprint density at radius 2 is 2.10 bits per heavy atom. The van der Waals surface area contributed by atoms with Crippen molar-refractivity contribution in [1.82, 2.24) is 14.8 Å². The Labute approximate surface area is 116 Å². The van der Waals surface area contributed by atoms with Gasteiger partial charge in [0, 0.05) is 5.56 Å². The standard InChI is InChI=1S/C12H8F3N3O3/c1-21-11(20)10-16-6-18(17-10)9-3-2-7(5-19)4-8(9)12(13,14)15/h2-6H,1H3. The molecule has 0 amide bonds. The van der Waals surface area contributed by atoms with Gasteiger partial charge in [-0.05, 0) is 18.2 Å². The fraction of sp³-hybridized carbons (Fsp3) is 0.167. The molecule has 0 fully saturated rings. The van der Waals surface area contributed by atoms with Crippen LogP contribution in [0.4, 0.5) is 13.2 Å². The molecule has 0 N–H and O–H groups in total. The fourth-order valence-corrected chi connectivity index (χ4v) is 1.62. The molecule has 1 aromatic carbocycles. The topological polar surface area (TPSA) is 74.1 Å². The Hall–Kier alpha value is -2.71. The van der Waals surface area contributed by atoms with Gasteiger partial charge < -0.3 is 4.74 Å². The van der Waals surface area contributed by atoms with Crippen molar-refractivity contribution in [3.05, 3.63) is 41.5 Å². The van der Waals surface area contributed by atoms with Crippen LogP contribution in [0.2, 0.25) is 0 Å². The molecular formula is C12H8F3N3O3. The fourth-order valence-electron chi connectivity index (χ4n) is 1.62. The number of hydrogen-bond donors (Lipinski definition) is 0. The number of carbonyl (C=O) groups is 2. The van der Waals surface area contributed by atoms with Crippen molar-refractivity contribution in [1.29, 1.82) is 0 Å². The summed E-state index contributed by atoms with van der Waals surface area (Å²) in [4.78, 5) is 25.4. The van der Waals surface area contributed by atoms with E-state index >= 15 is 0 Å². The number of ether oxygens (including phenoxy) is 1. The minimum Gasteiger partial charge on any atom is -0.463 e. The molecule has 0 saturated carbocycles. The van der Waals surface area contributed by atoms with Gasteiger partial charge in [-0.15, -0.1) is 5.10 Å². The number of carbonyl (C=O) groups excluding carboxylic acids is 2. The maximum absolute atomic E-state index is 13.0. The average Bonchev–Trinajstić information content (AvgIpc) is 2.94. The molecule has 0 aliphatic rings. The van der Waals surface area contributed by atoms with Gasteiger partial charge in [0.25, 0.3) is 5.82 Å². The van der Waals surface area contributed by atoms with E-state index in [1.807, 2.05) is 0 Å². The lowest BCUT2D eigenvalue weighted by Crippen LogP contribution is -2.12. The van der Waals surface area contributed by atoms with Crippen molar-refractivity contribution in [2.24, 2.45) is 0 Å². The third kappa shape index (κ3) is 2.91. The van der Waals surface area contributed by atoms with E-state index in [0.29, 0.717) is 12.4 Å². The summed E-state index contributed by atoms with van der Waals surface area (Å²) >= 11 is 0. The van der Waals surface area contributed by atoms with Crippen LogP contribution in [-0.2, 0) is 10.9 Å². The lowest BCUT2D eigenvalue weighted by atomic mass is 10.1. The molecule has 21 heavy (non-hydrogen) atoms. The van der Waals surface area contributed by atoms with E-state index in [4.69, 9.17) is 0 Å². The third-order valence-electron chi connectivity index (χ3n) is 2.57. The van der Waals surface area contributed by atoms with E-state index in [-0.39, 0.29) is 17.1 Å². The second-order valence-electron chi connectivity index (χ2n) is 3.90. The van der Waals surface area contributed by atoms with Crippen LogP contribution in [0, 0.1) is 0 Å². The largest absolute Gasteiger partial charge is 0.463 e. The number of rotatable bonds is 3. The number of esters is 1. The van der Waals surface area contributed by atoms with E-state index in [0.717, 1.165) is 24.2 Å². The molecule has 6 nitrogen and oxygen atoms in total. The lowest BCUT2D eigenvalue weighted by Gasteiger charge is -2.12. The van der Waals surface area contributed by atoms with Gasteiger partial charge >= 0.3 is 12.1 Å². The smallest absolute Gasteiger partial charge is 0.418 e. The predicted octanol–water partition coefficient (Wildman–Crippen LogP) is 1.89.